The first-order valence-corrected chi connectivity index (χ1v) is 6.33. The van der Waals surface area contributed by atoms with Gasteiger partial charge in [0.25, 0.3) is 0 Å². The van der Waals surface area contributed by atoms with Crippen LogP contribution in [-0.2, 0) is 15.5 Å². The zero-order valence-electron chi connectivity index (χ0n) is 9.87. The molecule has 4 nitrogen and oxygen atoms in total. The highest BCUT2D eigenvalue weighted by Crippen LogP contribution is 2.06. The minimum atomic E-state index is -0.993. The molecule has 0 aromatic rings. The van der Waals surface area contributed by atoms with Crippen molar-refractivity contribution in [2.75, 3.05) is 6.26 Å². The predicted molar refractivity (Wildman–Crippen MR) is 62.0 cm³/mol. The lowest BCUT2D eigenvalue weighted by Crippen LogP contribution is -2.36. The predicted octanol–water partition coefficient (Wildman–Crippen LogP) is 1.79. The Bertz CT molecular complexity index is 268. The first-order chi connectivity index (χ1) is 6.70. The van der Waals surface area contributed by atoms with Gasteiger partial charge in [0.2, 0.25) is 0 Å². The van der Waals surface area contributed by atoms with E-state index in [1.165, 1.54) is 5.41 Å². The molecule has 0 aliphatic rings. The lowest BCUT2D eigenvalue weighted by molar-refractivity contribution is 0.0518. The zero-order chi connectivity index (χ0) is 12.1. The second kappa shape index (κ2) is 5.90. The Morgan fingerprint density at radius 2 is 2.00 bits per heavy atom. The topological polar surface area (TPSA) is 55.4 Å². The van der Waals surface area contributed by atoms with Crippen molar-refractivity contribution in [3.05, 3.63) is 11.5 Å². The van der Waals surface area contributed by atoms with Crippen molar-refractivity contribution in [2.24, 2.45) is 0 Å². The van der Waals surface area contributed by atoms with Gasteiger partial charge < -0.3 is 10.1 Å². The van der Waals surface area contributed by atoms with Gasteiger partial charge in [-0.25, -0.2) is 4.79 Å². The summed E-state index contributed by atoms with van der Waals surface area (Å²) in [5, 5.41) is 4.14. The van der Waals surface area contributed by atoms with Crippen molar-refractivity contribution in [1.29, 1.82) is 0 Å². The number of carbonyl (C=O) groups excluding carboxylic acids is 1. The third-order valence-electron chi connectivity index (χ3n) is 1.30. The fourth-order valence-electron chi connectivity index (χ4n) is 0.770. The van der Waals surface area contributed by atoms with Crippen LogP contribution in [0.25, 0.3) is 0 Å². The molecule has 1 amide bonds. The van der Waals surface area contributed by atoms with Crippen LogP contribution in [0.2, 0.25) is 0 Å². The summed E-state index contributed by atoms with van der Waals surface area (Å²) in [6.45, 7) is 7.18. The van der Waals surface area contributed by atoms with E-state index in [0.29, 0.717) is 0 Å². The molecule has 0 spiro atoms. The highest BCUT2D eigenvalue weighted by molar-refractivity contribution is 7.87. The number of nitrogens with one attached hydrogen (secondary N) is 1. The van der Waals surface area contributed by atoms with Crippen molar-refractivity contribution in [1.82, 2.24) is 5.32 Å². The molecular weight excluding hydrogens is 214 g/mol. The number of hydrogen-bond donors (Lipinski definition) is 1. The molecule has 0 saturated carbocycles. The summed E-state index contributed by atoms with van der Waals surface area (Å²) in [5.74, 6) is 0. The quantitative estimate of drug-likeness (QED) is 0.808. The number of amides is 1. The summed E-state index contributed by atoms with van der Waals surface area (Å²) < 4.78 is 15.8. The number of alkyl carbamates (subject to hydrolysis) is 1. The van der Waals surface area contributed by atoms with Gasteiger partial charge in [-0.15, -0.1) is 0 Å². The molecule has 0 aromatic carbocycles. The molecular formula is C10H19NO3S. The first kappa shape index (κ1) is 14.2. The van der Waals surface area contributed by atoms with Crippen molar-refractivity contribution in [3.8, 4) is 0 Å². The monoisotopic (exact) mass is 233 g/mol. The zero-order valence-corrected chi connectivity index (χ0v) is 10.7. The molecule has 5 heteroatoms. The van der Waals surface area contributed by atoms with Crippen LogP contribution in [0.15, 0.2) is 11.5 Å². The standard InChI is InChI=1S/C10H19NO3S/c1-8(6-7-15(5)13)11-9(12)14-10(2,3)4/h6-8H,1-5H3,(H,11,12)/b7-6-/t8-,15?/m1/s1. The Hall–Kier alpha value is -0.840. The van der Waals surface area contributed by atoms with Gasteiger partial charge >= 0.3 is 6.09 Å². The summed E-state index contributed by atoms with van der Waals surface area (Å²) in [5.41, 5.74) is -0.499. The van der Waals surface area contributed by atoms with Crippen LogP contribution in [0.5, 0.6) is 0 Å². The maximum Gasteiger partial charge on any atom is 0.408 e. The molecule has 0 radical (unpaired) electrons. The minimum Gasteiger partial charge on any atom is -0.444 e. The number of hydrogen-bond acceptors (Lipinski definition) is 3. The van der Waals surface area contributed by atoms with E-state index < -0.39 is 22.5 Å². The Kier molecular flexibility index (Phi) is 5.57. The largest absolute Gasteiger partial charge is 0.444 e. The van der Waals surface area contributed by atoms with E-state index in [-0.39, 0.29) is 6.04 Å². The smallest absolute Gasteiger partial charge is 0.408 e. The summed E-state index contributed by atoms with van der Waals surface area (Å²) in [7, 11) is -0.993. The van der Waals surface area contributed by atoms with Crippen molar-refractivity contribution >= 4 is 16.9 Å². The number of carbonyl (C=O) groups is 1. The fourth-order valence-corrected chi connectivity index (χ4v) is 1.23. The maximum atomic E-state index is 11.3. The average molecular weight is 233 g/mol. The van der Waals surface area contributed by atoms with Crippen LogP contribution in [0.3, 0.4) is 0 Å². The second-order valence-electron chi connectivity index (χ2n) is 4.26. The van der Waals surface area contributed by atoms with E-state index in [9.17, 15) is 9.00 Å². The normalized spacial score (nSPS) is 16.1. The molecule has 0 aliphatic carbocycles. The first-order valence-electron chi connectivity index (χ1n) is 4.71. The molecule has 0 bridgehead atoms. The van der Waals surface area contributed by atoms with Gasteiger partial charge in [-0.1, -0.05) is 6.08 Å². The minimum absolute atomic E-state index is 0.191. The van der Waals surface area contributed by atoms with Gasteiger partial charge in [0, 0.05) is 28.5 Å². The van der Waals surface area contributed by atoms with Crippen LogP contribution in [0.1, 0.15) is 27.7 Å². The summed E-state index contributed by atoms with van der Waals surface area (Å²) >= 11 is 0. The summed E-state index contributed by atoms with van der Waals surface area (Å²) in [4.78, 5) is 11.3. The van der Waals surface area contributed by atoms with Gasteiger partial charge in [-0.2, -0.15) is 0 Å². The van der Waals surface area contributed by atoms with E-state index in [2.05, 4.69) is 5.32 Å². The summed E-state index contributed by atoms with van der Waals surface area (Å²) in [6.07, 6.45) is 2.76. The van der Waals surface area contributed by atoms with Gasteiger partial charge in [0.05, 0.1) is 0 Å². The van der Waals surface area contributed by atoms with Crippen LogP contribution >= 0.6 is 0 Å². The molecule has 0 fully saturated rings. The Balaban J connectivity index is 4.02. The lowest BCUT2D eigenvalue weighted by Gasteiger charge is -2.20. The molecule has 88 valence electrons. The highest BCUT2D eigenvalue weighted by Gasteiger charge is 2.16. The third kappa shape index (κ3) is 9.46. The third-order valence-corrected chi connectivity index (χ3v) is 1.84. The van der Waals surface area contributed by atoms with Crippen LogP contribution < -0.4 is 5.32 Å². The average Bonchev–Trinajstić information content (AvgIpc) is 1.96. The Morgan fingerprint density at radius 1 is 1.47 bits per heavy atom. The van der Waals surface area contributed by atoms with Crippen molar-refractivity contribution in [3.63, 3.8) is 0 Å². The van der Waals surface area contributed by atoms with Crippen molar-refractivity contribution in [2.45, 2.75) is 39.3 Å². The molecule has 1 unspecified atom stereocenters. The van der Waals surface area contributed by atoms with Gasteiger partial charge in [0.1, 0.15) is 5.60 Å². The van der Waals surface area contributed by atoms with Crippen LogP contribution in [0.4, 0.5) is 4.79 Å². The van der Waals surface area contributed by atoms with E-state index in [4.69, 9.17) is 4.74 Å². The SMILES string of the molecule is C[C@H](/C=C\S(C)=O)NC(=O)OC(C)(C)C. The van der Waals surface area contributed by atoms with Gasteiger partial charge in [-0.3, -0.25) is 4.21 Å². The second-order valence-corrected chi connectivity index (χ2v) is 5.53. The molecule has 2 atom stereocenters. The van der Waals surface area contributed by atoms with E-state index >= 15 is 0 Å². The van der Waals surface area contributed by atoms with Crippen LogP contribution in [-0.4, -0.2) is 28.2 Å². The molecule has 0 aromatic heterocycles. The molecule has 0 rings (SSSR count). The van der Waals surface area contributed by atoms with Gasteiger partial charge in [-0.05, 0) is 27.7 Å². The molecule has 15 heavy (non-hydrogen) atoms. The molecule has 0 aliphatic heterocycles. The maximum absolute atomic E-state index is 11.3. The lowest BCUT2D eigenvalue weighted by atomic mass is 10.2. The van der Waals surface area contributed by atoms with Gasteiger partial charge in [0.15, 0.2) is 0 Å². The van der Waals surface area contributed by atoms with E-state index in [1.807, 2.05) is 0 Å². The highest BCUT2D eigenvalue weighted by atomic mass is 32.2. The number of ether oxygens (including phenoxy) is 1. The van der Waals surface area contributed by atoms with E-state index in [1.54, 1.807) is 40.0 Å². The summed E-state index contributed by atoms with van der Waals surface area (Å²) in [6, 6.07) is -0.191. The Labute approximate surface area is 93.5 Å². The molecule has 0 saturated heterocycles. The Morgan fingerprint density at radius 3 is 2.40 bits per heavy atom. The number of rotatable bonds is 3. The van der Waals surface area contributed by atoms with Crippen LogP contribution in [0, 0.1) is 0 Å². The van der Waals surface area contributed by atoms with Crippen molar-refractivity contribution < 1.29 is 13.7 Å². The molecule has 0 heterocycles. The molecule has 1 N–H and O–H groups in total. The van der Waals surface area contributed by atoms with E-state index in [0.717, 1.165) is 0 Å². The fraction of sp³-hybridized carbons (Fsp3) is 0.700.